The third kappa shape index (κ3) is 16.9. The van der Waals surface area contributed by atoms with Crippen LogP contribution in [-0.2, 0) is 9.53 Å². The first-order chi connectivity index (χ1) is 9.28. The molecule has 1 saturated heterocycles. The highest BCUT2D eigenvalue weighted by Gasteiger charge is 2.30. The van der Waals surface area contributed by atoms with Crippen LogP contribution in [0.3, 0.4) is 0 Å². The molecule has 1 heterocycles. The first-order valence-corrected chi connectivity index (χ1v) is 10.9. The van der Waals surface area contributed by atoms with Gasteiger partial charge in [0.1, 0.15) is 5.60 Å². The number of ether oxygens (including phenoxy) is 1. The fourth-order valence-electron chi connectivity index (χ4n) is 2.10. The molecule has 5 N–H and O–H groups in total. The number of guanidine groups is 1. The van der Waals surface area contributed by atoms with Crippen molar-refractivity contribution in [3.63, 3.8) is 0 Å². The van der Waals surface area contributed by atoms with Gasteiger partial charge in [-0.15, -0.1) is 0 Å². The van der Waals surface area contributed by atoms with Gasteiger partial charge in [-0.3, -0.25) is 10.2 Å². The molecule has 1 rings (SSSR count). The summed E-state index contributed by atoms with van der Waals surface area (Å²) in [5.41, 5.74) is 9.71. The van der Waals surface area contributed by atoms with Gasteiger partial charge in [0, 0.05) is 6.92 Å². The molecule has 1 aliphatic rings. The van der Waals surface area contributed by atoms with Crippen LogP contribution in [0, 0.1) is 5.41 Å². The number of nitrogens with two attached hydrogens (primary N) is 2. The Morgan fingerprint density at radius 2 is 1.67 bits per heavy atom. The number of carbonyl (C=O) groups excluding carboxylic acids is 1. The Morgan fingerprint density at radius 3 is 1.81 bits per heavy atom. The van der Waals surface area contributed by atoms with Gasteiger partial charge in [0.25, 0.3) is 0 Å². The van der Waals surface area contributed by atoms with Crippen molar-refractivity contribution >= 4 is 20.0 Å². The molecule has 0 aromatic rings. The van der Waals surface area contributed by atoms with E-state index < -0.39 is 8.07 Å². The normalized spacial score (nSPS) is 20.0. The highest BCUT2D eigenvalue weighted by molar-refractivity contribution is 6.78. The van der Waals surface area contributed by atoms with Crippen molar-refractivity contribution < 1.29 is 9.53 Å². The minimum Gasteiger partial charge on any atom is -0.460 e. The van der Waals surface area contributed by atoms with E-state index in [1.807, 2.05) is 20.8 Å². The van der Waals surface area contributed by atoms with Crippen LogP contribution in [0.5, 0.6) is 0 Å². The summed E-state index contributed by atoms with van der Waals surface area (Å²) in [6, 6.07) is 1.58. The summed E-state index contributed by atoms with van der Waals surface area (Å²) in [5, 5.41) is 6.06. The zero-order valence-electron chi connectivity index (χ0n) is 14.9. The van der Waals surface area contributed by atoms with Gasteiger partial charge < -0.3 is 16.2 Å². The summed E-state index contributed by atoms with van der Waals surface area (Å²) in [5.74, 6) is -0.558. The SMILES string of the molecule is CC(=O)OC(C)(C)C.CC1CCCC[Si]1(C)C.N=C(N)N. The maximum atomic E-state index is 10.2. The zero-order valence-corrected chi connectivity index (χ0v) is 15.9. The molecule has 0 aliphatic carbocycles. The lowest BCUT2D eigenvalue weighted by molar-refractivity contribution is -0.151. The largest absolute Gasteiger partial charge is 0.460 e. The van der Waals surface area contributed by atoms with Crippen LogP contribution in [0.15, 0.2) is 0 Å². The van der Waals surface area contributed by atoms with E-state index in [9.17, 15) is 4.79 Å². The molecule has 0 saturated carbocycles. The second kappa shape index (κ2) is 9.81. The lowest BCUT2D eigenvalue weighted by Gasteiger charge is -2.34. The van der Waals surface area contributed by atoms with Crippen molar-refractivity contribution in [2.24, 2.45) is 11.5 Å². The molecule has 0 aromatic carbocycles. The lowest BCUT2D eigenvalue weighted by Crippen LogP contribution is -2.33. The smallest absolute Gasteiger partial charge is 0.303 e. The second-order valence-corrected chi connectivity index (χ2v) is 12.8. The van der Waals surface area contributed by atoms with E-state index >= 15 is 0 Å². The van der Waals surface area contributed by atoms with Gasteiger partial charge in [-0.25, -0.2) is 0 Å². The van der Waals surface area contributed by atoms with Crippen LogP contribution in [0.25, 0.3) is 0 Å². The van der Waals surface area contributed by atoms with E-state index in [4.69, 9.17) is 10.1 Å². The van der Waals surface area contributed by atoms with Crippen molar-refractivity contribution in [2.75, 3.05) is 0 Å². The van der Waals surface area contributed by atoms with Gasteiger partial charge in [0.15, 0.2) is 5.96 Å². The second-order valence-electron chi connectivity index (χ2n) is 7.30. The molecular formula is C15H35N3O2Si. The van der Waals surface area contributed by atoms with E-state index in [2.05, 4.69) is 31.5 Å². The molecule has 0 amide bonds. The quantitative estimate of drug-likeness (QED) is 0.275. The third-order valence-corrected chi connectivity index (χ3v) is 8.09. The molecule has 0 aromatic heterocycles. The number of esters is 1. The summed E-state index contributed by atoms with van der Waals surface area (Å²) in [6.45, 7) is 14.5. The highest BCUT2D eigenvalue weighted by atomic mass is 28.3. The number of hydrogen-bond acceptors (Lipinski definition) is 3. The van der Waals surface area contributed by atoms with E-state index in [0.717, 1.165) is 5.54 Å². The topological polar surface area (TPSA) is 102 Å². The van der Waals surface area contributed by atoms with E-state index in [0.29, 0.717) is 0 Å². The summed E-state index contributed by atoms with van der Waals surface area (Å²) in [4.78, 5) is 10.2. The molecule has 1 aliphatic heterocycles. The Bertz CT molecular complexity index is 321. The van der Waals surface area contributed by atoms with Crippen LogP contribution in [-0.4, -0.2) is 25.6 Å². The average molecular weight is 318 g/mol. The molecular weight excluding hydrogens is 282 g/mol. The molecule has 1 unspecified atom stereocenters. The first-order valence-electron chi connectivity index (χ1n) is 7.57. The molecule has 126 valence electrons. The third-order valence-electron chi connectivity index (χ3n) is 3.49. The Kier molecular flexibility index (Phi) is 10.4. The Hall–Kier alpha value is -1.04. The Balaban J connectivity index is 0. The van der Waals surface area contributed by atoms with Crippen molar-refractivity contribution in [1.82, 2.24) is 0 Å². The lowest BCUT2D eigenvalue weighted by atomic mass is 10.2. The van der Waals surface area contributed by atoms with E-state index in [1.165, 1.54) is 26.2 Å². The van der Waals surface area contributed by atoms with Crippen molar-refractivity contribution in [1.29, 1.82) is 5.41 Å². The predicted molar refractivity (Wildman–Crippen MR) is 93.2 cm³/mol. The summed E-state index contributed by atoms with van der Waals surface area (Å²) >= 11 is 0. The predicted octanol–water partition coefficient (Wildman–Crippen LogP) is 3.46. The van der Waals surface area contributed by atoms with Crippen LogP contribution in [0.4, 0.5) is 0 Å². The maximum Gasteiger partial charge on any atom is 0.303 e. The van der Waals surface area contributed by atoms with Gasteiger partial charge in [-0.05, 0) is 26.3 Å². The Morgan fingerprint density at radius 1 is 1.24 bits per heavy atom. The number of carbonyl (C=O) groups is 1. The van der Waals surface area contributed by atoms with Gasteiger partial charge in [-0.1, -0.05) is 45.3 Å². The summed E-state index contributed by atoms with van der Waals surface area (Å²) in [7, 11) is -0.694. The zero-order chi connectivity index (χ0) is 17.3. The molecule has 6 heteroatoms. The van der Waals surface area contributed by atoms with Crippen molar-refractivity contribution in [2.45, 2.75) is 84.2 Å². The van der Waals surface area contributed by atoms with Crippen molar-refractivity contribution in [3.05, 3.63) is 0 Å². The van der Waals surface area contributed by atoms with Crippen LogP contribution >= 0.6 is 0 Å². The first kappa shape index (κ1) is 22.2. The van der Waals surface area contributed by atoms with Crippen LogP contribution in [0.2, 0.25) is 24.7 Å². The molecule has 21 heavy (non-hydrogen) atoms. The van der Waals surface area contributed by atoms with E-state index in [-0.39, 0.29) is 17.5 Å². The molecule has 1 atom stereocenters. The van der Waals surface area contributed by atoms with Gasteiger partial charge in [0.05, 0.1) is 8.07 Å². The monoisotopic (exact) mass is 317 g/mol. The number of nitrogens with one attached hydrogen (secondary N) is 1. The maximum absolute atomic E-state index is 10.2. The van der Waals surface area contributed by atoms with Crippen LogP contribution in [0.1, 0.15) is 53.9 Å². The molecule has 0 bridgehead atoms. The minimum absolute atomic E-state index is 0.225. The molecule has 5 nitrogen and oxygen atoms in total. The molecule has 0 spiro atoms. The fourth-order valence-corrected chi connectivity index (χ4v) is 4.74. The van der Waals surface area contributed by atoms with Gasteiger partial charge in [0.2, 0.25) is 0 Å². The Labute approximate surface area is 131 Å². The molecule has 1 fully saturated rings. The van der Waals surface area contributed by atoms with Crippen LogP contribution < -0.4 is 11.5 Å². The summed E-state index contributed by atoms with van der Waals surface area (Å²) < 4.78 is 4.80. The fraction of sp³-hybridized carbons (Fsp3) is 0.867. The van der Waals surface area contributed by atoms with Gasteiger partial charge in [-0.2, -0.15) is 0 Å². The number of rotatable bonds is 0. The highest BCUT2D eigenvalue weighted by Crippen LogP contribution is 2.36. The molecule has 0 radical (unpaired) electrons. The average Bonchev–Trinajstić information content (AvgIpc) is 2.18. The number of hydrogen-bond donors (Lipinski definition) is 3. The van der Waals surface area contributed by atoms with Crippen molar-refractivity contribution in [3.8, 4) is 0 Å². The standard InChI is InChI=1S/C8H18Si.C6H12O2.CH5N3/c1-8-6-4-5-7-9(8,2)3;1-5(7)8-6(2,3)4;2-1(3)4/h8H,4-7H2,1-3H3;1-4H3;(H5,2,3,4). The van der Waals surface area contributed by atoms with E-state index in [1.54, 1.807) is 6.04 Å². The van der Waals surface area contributed by atoms with Gasteiger partial charge >= 0.3 is 5.97 Å². The minimum atomic E-state index is -0.694. The summed E-state index contributed by atoms with van der Waals surface area (Å²) in [6.07, 6.45) is 4.53.